The van der Waals surface area contributed by atoms with E-state index in [0.717, 1.165) is 38.4 Å². The molecule has 1 aliphatic heterocycles. The minimum absolute atomic E-state index is 0.0372. The van der Waals surface area contributed by atoms with E-state index in [1.165, 1.54) is 5.56 Å². The van der Waals surface area contributed by atoms with Gasteiger partial charge in [0.15, 0.2) is 11.6 Å². The molecule has 2 aliphatic rings. The molecule has 1 N–H and O–H groups in total. The molecule has 4 heteroatoms. The monoisotopic (exact) mass is 383 g/mol. The third kappa shape index (κ3) is 3.15. The molecule has 144 valence electrons. The Morgan fingerprint density at radius 2 is 1.31 bits per heavy atom. The smallest absolute Gasteiger partial charge is 0.196 e. The Kier molecular flexibility index (Phi) is 4.49. The Hall–Kier alpha value is -3.24. The summed E-state index contributed by atoms with van der Waals surface area (Å²) >= 11 is 0. The first kappa shape index (κ1) is 17.8. The van der Waals surface area contributed by atoms with E-state index in [4.69, 9.17) is 0 Å². The van der Waals surface area contributed by atoms with Crippen LogP contribution in [0.3, 0.4) is 0 Å². The van der Waals surface area contributed by atoms with Crippen LogP contribution in [-0.2, 0) is 6.54 Å². The lowest BCUT2D eigenvalue weighted by Crippen LogP contribution is -3.13. The largest absolute Gasteiger partial charge is 0.360 e. The quantitative estimate of drug-likeness (QED) is 0.591. The lowest BCUT2D eigenvalue weighted by Gasteiger charge is -2.35. The van der Waals surface area contributed by atoms with Crippen LogP contribution in [0.25, 0.3) is 0 Å². The maximum atomic E-state index is 13.2. The van der Waals surface area contributed by atoms with Crippen molar-refractivity contribution >= 4 is 17.3 Å². The second kappa shape index (κ2) is 7.30. The first-order valence-electron chi connectivity index (χ1n) is 10.2. The van der Waals surface area contributed by atoms with Gasteiger partial charge >= 0.3 is 0 Å². The Morgan fingerprint density at radius 1 is 0.690 bits per heavy atom. The number of hydrogen-bond acceptors (Lipinski definition) is 3. The maximum Gasteiger partial charge on any atom is 0.196 e. The molecule has 1 fully saturated rings. The average Bonchev–Trinajstić information content (AvgIpc) is 2.78. The number of carbonyl (C=O) groups is 2. The van der Waals surface area contributed by atoms with Crippen molar-refractivity contribution in [3.05, 3.63) is 101 Å². The summed E-state index contributed by atoms with van der Waals surface area (Å²) in [5.41, 5.74) is 4.39. The fourth-order valence-corrected chi connectivity index (χ4v) is 4.52. The zero-order valence-electron chi connectivity index (χ0n) is 16.2. The summed E-state index contributed by atoms with van der Waals surface area (Å²) in [5, 5.41) is 0. The van der Waals surface area contributed by atoms with E-state index in [1.807, 2.05) is 30.3 Å². The normalized spacial score (nSPS) is 16.5. The van der Waals surface area contributed by atoms with Crippen LogP contribution in [0.15, 0.2) is 72.8 Å². The topological polar surface area (TPSA) is 41.8 Å². The lowest BCUT2D eigenvalue weighted by atomic mass is 9.83. The predicted octanol–water partition coefficient (Wildman–Crippen LogP) is 2.37. The fraction of sp³-hybridized carbons (Fsp3) is 0.200. The van der Waals surface area contributed by atoms with Gasteiger partial charge in [0.2, 0.25) is 0 Å². The van der Waals surface area contributed by atoms with Crippen molar-refractivity contribution < 1.29 is 14.5 Å². The van der Waals surface area contributed by atoms with Crippen LogP contribution in [0, 0.1) is 0 Å². The van der Waals surface area contributed by atoms with E-state index < -0.39 is 0 Å². The second-order valence-corrected chi connectivity index (χ2v) is 7.80. The highest BCUT2D eigenvalue weighted by atomic mass is 16.1. The summed E-state index contributed by atoms with van der Waals surface area (Å²) < 4.78 is 0. The van der Waals surface area contributed by atoms with Gasteiger partial charge in [0.25, 0.3) is 0 Å². The Morgan fingerprint density at radius 3 is 2.03 bits per heavy atom. The molecule has 0 spiro atoms. The van der Waals surface area contributed by atoms with Crippen LogP contribution in [0.1, 0.15) is 37.4 Å². The molecule has 5 rings (SSSR count). The molecule has 0 unspecified atom stereocenters. The highest BCUT2D eigenvalue weighted by Gasteiger charge is 2.33. The summed E-state index contributed by atoms with van der Waals surface area (Å²) in [5.74, 6) is -0.0877. The number of benzene rings is 3. The van der Waals surface area contributed by atoms with Crippen molar-refractivity contribution in [3.63, 3.8) is 0 Å². The number of carbonyl (C=O) groups excluding carboxylic acids is 2. The number of piperazine rings is 1. The number of hydrogen-bond donors (Lipinski definition) is 1. The Balaban J connectivity index is 1.40. The summed E-state index contributed by atoms with van der Waals surface area (Å²) in [7, 11) is 0. The number of rotatable bonds is 3. The van der Waals surface area contributed by atoms with E-state index in [2.05, 4.69) is 29.2 Å². The number of quaternary nitrogens is 1. The van der Waals surface area contributed by atoms with Crippen LogP contribution in [0.4, 0.5) is 5.69 Å². The van der Waals surface area contributed by atoms with Crippen molar-refractivity contribution in [1.82, 2.24) is 0 Å². The van der Waals surface area contributed by atoms with E-state index in [9.17, 15) is 9.59 Å². The molecule has 0 bridgehead atoms. The van der Waals surface area contributed by atoms with Gasteiger partial charge in [-0.25, -0.2) is 0 Å². The van der Waals surface area contributed by atoms with Crippen molar-refractivity contribution in [3.8, 4) is 0 Å². The lowest BCUT2D eigenvalue weighted by molar-refractivity contribution is -0.914. The zero-order valence-corrected chi connectivity index (χ0v) is 16.2. The van der Waals surface area contributed by atoms with Gasteiger partial charge in [-0.05, 0) is 6.07 Å². The van der Waals surface area contributed by atoms with Crippen LogP contribution in [0.2, 0.25) is 0 Å². The van der Waals surface area contributed by atoms with Crippen molar-refractivity contribution in [2.75, 3.05) is 31.1 Å². The molecule has 0 aromatic heterocycles. The molecule has 0 saturated carbocycles. The number of nitrogens with one attached hydrogen (secondary N) is 1. The van der Waals surface area contributed by atoms with E-state index in [-0.39, 0.29) is 11.6 Å². The highest BCUT2D eigenvalue weighted by Crippen LogP contribution is 2.33. The predicted molar refractivity (Wildman–Crippen MR) is 113 cm³/mol. The van der Waals surface area contributed by atoms with Crippen LogP contribution >= 0.6 is 0 Å². The first-order valence-corrected chi connectivity index (χ1v) is 10.2. The standard InChI is InChI=1S/C25H22N2O2/c28-24-19-9-4-5-10-20(19)25(29)23-21(24)11-6-12-22(23)27-15-13-26(14-16-27)17-18-7-2-1-3-8-18/h1-12H,13-17H2/p+1. The molecular weight excluding hydrogens is 360 g/mol. The third-order valence-corrected chi connectivity index (χ3v) is 6.04. The van der Waals surface area contributed by atoms with Gasteiger partial charge in [0, 0.05) is 27.9 Å². The summed E-state index contributed by atoms with van der Waals surface area (Å²) in [6.07, 6.45) is 0. The van der Waals surface area contributed by atoms with Gasteiger partial charge in [-0.1, -0.05) is 66.7 Å². The molecule has 1 heterocycles. The molecule has 1 aliphatic carbocycles. The summed E-state index contributed by atoms with van der Waals surface area (Å²) in [6, 6.07) is 23.4. The Labute approximate surface area is 170 Å². The Bertz CT molecular complexity index is 1080. The van der Waals surface area contributed by atoms with Gasteiger partial charge in [0.1, 0.15) is 6.54 Å². The molecule has 3 aromatic rings. The van der Waals surface area contributed by atoms with Crippen molar-refractivity contribution in [2.24, 2.45) is 0 Å². The number of ketones is 2. The second-order valence-electron chi connectivity index (χ2n) is 7.80. The summed E-state index contributed by atoms with van der Waals surface area (Å²) in [4.78, 5) is 30.0. The average molecular weight is 383 g/mol. The fourth-order valence-electron chi connectivity index (χ4n) is 4.52. The number of nitrogens with zero attached hydrogens (tertiary/aromatic N) is 1. The van der Waals surface area contributed by atoms with Gasteiger partial charge in [-0.15, -0.1) is 0 Å². The summed E-state index contributed by atoms with van der Waals surface area (Å²) in [6.45, 7) is 4.80. The van der Waals surface area contributed by atoms with Gasteiger partial charge in [-0.2, -0.15) is 0 Å². The highest BCUT2D eigenvalue weighted by molar-refractivity contribution is 6.30. The number of fused-ring (bicyclic) bond motifs is 2. The SMILES string of the molecule is O=C1c2ccccc2C(=O)c2c1cccc2N1CC[NH+](Cc2ccccc2)CC1. The van der Waals surface area contributed by atoms with Crippen molar-refractivity contribution in [1.29, 1.82) is 0 Å². The minimum Gasteiger partial charge on any atom is -0.360 e. The maximum absolute atomic E-state index is 13.2. The third-order valence-electron chi connectivity index (χ3n) is 6.04. The molecular formula is C25H23N2O2+. The van der Waals surface area contributed by atoms with Crippen molar-refractivity contribution in [2.45, 2.75) is 6.54 Å². The molecule has 29 heavy (non-hydrogen) atoms. The molecule has 3 aromatic carbocycles. The van der Waals surface area contributed by atoms with E-state index in [0.29, 0.717) is 22.3 Å². The van der Waals surface area contributed by atoms with Crippen LogP contribution in [0.5, 0.6) is 0 Å². The van der Waals surface area contributed by atoms with E-state index in [1.54, 1.807) is 23.1 Å². The molecule has 0 radical (unpaired) electrons. The van der Waals surface area contributed by atoms with Crippen LogP contribution < -0.4 is 9.80 Å². The number of anilines is 1. The van der Waals surface area contributed by atoms with Gasteiger partial charge in [0.05, 0.1) is 31.7 Å². The molecule has 0 amide bonds. The van der Waals surface area contributed by atoms with E-state index >= 15 is 0 Å². The molecule has 1 saturated heterocycles. The minimum atomic E-state index is -0.0506. The molecule has 4 nitrogen and oxygen atoms in total. The van der Waals surface area contributed by atoms with Gasteiger partial charge in [-0.3, -0.25) is 9.59 Å². The first-order chi connectivity index (χ1) is 14.2. The molecule has 0 atom stereocenters. The zero-order chi connectivity index (χ0) is 19.8. The van der Waals surface area contributed by atoms with Gasteiger partial charge < -0.3 is 9.80 Å². The van der Waals surface area contributed by atoms with Crippen LogP contribution in [-0.4, -0.2) is 37.7 Å².